The van der Waals surface area contributed by atoms with Crippen molar-refractivity contribution in [2.45, 2.75) is 53.2 Å². The molecule has 1 aliphatic rings. The largest absolute Gasteiger partial charge is 0.443 e. The number of nitriles is 1. The maximum atomic E-state index is 12.1. The van der Waals surface area contributed by atoms with Gasteiger partial charge < -0.3 is 14.6 Å². The molecule has 0 bridgehead atoms. The second kappa shape index (κ2) is 9.21. The van der Waals surface area contributed by atoms with Gasteiger partial charge in [-0.2, -0.15) is 10.4 Å². The smallest absolute Gasteiger partial charge is 0.312 e. The van der Waals surface area contributed by atoms with E-state index in [9.17, 15) is 10.1 Å². The second-order valence-electron chi connectivity index (χ2n) is 8.84. The molecular formula is C23H30N6O2. The summed E-state index contributed by atoms with van der Waals surface area (Å²) >= 11 is 0. The van der Waals surface area contributed by atoms with Gasteiger partial charge in [0.1, 0.15) is 5.82 Å². The van der Waals surface area contributed by atoms with Gasteiger partial charge in [0.25, 0.3) is 0 Å². The lowest BCUT2D eigenvalue weighted by molar-refractivity contribution is -0.156. The second-order valence-corrected chi connectivity index (χ2v) is 8.84. The van der Waals surface area contributed by atoms with Crippen molar-refractivity contribution in [1.29, 1.82) is 10.7 Å². The third kappa shape index (κ3) is 4.88. The molecule has 1 saturated carbocycles. The van der Waals surface area contributed by atoms with Gasteiger partial charge >= 0.3 is 5.97 Å². The maximum Gasteiger partial charge on any atom is 0.312 e. The van der Waals surface area contributed by atoms with Crippen molar-refractivity contribution in [3.63, 3.8) is 0 Å². The van der Waals surface area contributed by atoms with Crippen LogP contribution in [0.2, 0.25) is 0 Å². The molecule has 8 nitrogen and oxygen atoms in total. The molecule has 0 amide bonds. The highest BCUT2D eigenvalue weighted by molar-refractivity contribution is 6.13. The quantitative estimate of drug-likeness (QED) is 0.394. The van der Waals surface area contributed by atoms with Gasteiger partial charge in [0.05, 0.1) is 29.1 Å². The third-order valence-electron chi connectivity index (χ3n) is 5.54. The minimum Gasteiger partial charge on any atom is -0.443 e. The monoisotopic (exact) mass is 422 g/mol. The Bertz CT molecular complexity index is 1030. The van der Waals surface area contributed by atoms with E-state index in [1.165, 1.54) is 0 Å². The predicted octanol–water partition coefficient (Wildman–Crippen LogP) is 4.24. The molecule has 1 aliphatic carbocycles. The van der Waals surface area contributed by atoms with E-state index in [0.29, 0.717) is 28.6 Å². The lowest BCUT2D eigenvalue weighted by atomic mass is 9.98. The molecule has 0 saturated heterocycles. The summed E-state index contributed by atoms with van der Waals surface area (Å²) in [5.41, 5.74) is 1.95. The number of carbonyl (C=O) groups excluding carboxylic acids is 1. The van der Waals surface area contributed by atoms with Crippen LogP contribution >= 0.6 is 0 Å². The molecule has 164 valence electrons. The molecule has 2 aromatic heterocycles. The maximum absolute atomic E-state index is 12.1. The average molecular weight is 423 g/mol. The number of esters is 1. The Morgan fingerprint density at radius 2 is 2.13 bits per heavy atom. The molecule has 0 aliphatic heterocycles. The topological polar surface area (TPSA) is 109 Å². The van der Waals surface area contributed by atoms with Crippen molar-refractivity contribution < 1.29 is 9.53 Å². The van der Waals surface area contributed by atoms with Gasteiger partial charge in [-0.25, -0.2) is 4.68 Å². The van der Waals surface area contributed by atoms with Gasteiger partial charge in [0.15, 0.2) is 6.73 Å². The fourth-order valence-corrected chi connectivity index (χ4v) is 3.81. The van der Waals surface area contributed by atoms with E-state index in [0.717, 1.165) is 31.4 Å². The van der Waals surface area contributed by atoms with Crippen LogP contribution in [-0.4, -0.2) is 33.1 Å². The fraction of sp³-hybridized carbons (Fsp3) is 0.478. The van der Waals surface area contributed by atoms with E-state index in [2.05, 4.69) is 16.5 Å². The summed E-state index contributed by atoms with van der Waals surface area (Å²) in [7, 11) is 1.77. The van der Waals surface area contributed by atoms with Crippen molar-refractivity contribution in [3.8, 4) is 6.07 Å². The molecular weight excluding hydrogens is 392 g/mol. The molecule has 0 unspecified atom stereocenters. The highest BCUT2D eigenvalue weighted by Gasteiger charge is 2.25. The van der Waals surface area contributed by atoms with Crippen LogP contribution in [0.3, 0.4) is 0 Å². The van der Waals surface area contributed by atoms with Crippen LogP contribution in [0.15, 0.2) is 30.7 Å². The zero-order valence-electron chi connectivity index (χ0n) is 18.6. The first kappa shape index (κ1) is 22.3. The summed E-state index contributed by atoms with van der Waals surface area (Å²) in [4.78, 5) is 12.1. The summed E-state index contributed by atoms with van der Waals surface area (Å²) in [6, 6.07) is 3.96. The van der Waals surface area contributed by atoms with Crippen molar-refractivity contribution >= 4 is 23.2 Å². The Balaban J connectivity index is 1.81. The van der Waals surface area contributed by atoms with Gasteiger partial charge in [-0.05, 0) is 39.7 Å². The number of carbonyl (C=O) groups is 1. The van der Waals surface area contributed by atoms with Crippen LogP contribution in [0.5, 0.6) is 0 Å². The third-order valence-corrected chi connectivity index (χ3v) is 5.54. The van der Waals surface area contributed by atoms with Crippen LogP contribution in [0.4, 0.5) is 5.82 Å². The Labute approximate surface area is 183 Å². The van der Waals surface area contributed by atoms with Gasteiger partial charge in [0, 0.05) is 42.6 Å². The molecule has 31 heavy (non-hydrogen) atoms. The number of nitrogens with one attached hydrogen (secondary N) is 2. The summed E-state index contributed by atoms with van der Waals surface area (Å²) in [5, 5.41) is 25.5. The summed E-state index contributed by atoms with van der Waals surface area (Å²) in [5.74, 6) is 0.723. The number of allylic oxidation sites excluding steroid dienone is 2. The number of aromatic nitrogens is 3. The fourth-order valence-electron chi connectivity index (χ4n) is 3.81. The Morgan fingerprint density at radius 1 is 1.42 bits per heavy atom. The van der Waals surface area contributed by atoms with E-state index in [1.54, 1.807) is 41.0 Å². The first-order chi connectivity index (χ1) is 14.8. The van der Waals surface area contributed by atoms with Crippen LogP contribution in [0.25, 0.3) is 5.70 Å². The van der Waals surface area contributed by atoms with Crippen molar-refractivity contribution in [1.82, 2.24) is 14.3 Å². The Morgan fingerprint density at radius 3 is 2.74 bits per heavy atom. The van der Waals surface area contributed by atoms with Gasteiger partial charge in [-0.1, -0.05) is 12.8 Å². The number of nitrogens with zero attached hydrogens (tertiary/aromatic N) is 4. The standard InChI is InChI=1S/C23H30N6O2/c1-23(2,3)22(30)31-15-28-12-10-18(21(28)26-4)20(25)17-13-27-29(14-17)19(9-11-24)16-7-5-6-8-16/h9-10,12-14,16,25-26H,5-8,15H2,1-4H3/b19-9+,25-20?. The van der Waals surface area contributed by atoms with E-state index in [4.69, 9.17) is 10.1 Å². The molecule has 8 heteroatoms. The highest BCUT2D eigenvalue weighted by Crippen LogP contribution is 2.33. The summed E-state index contributed by atoms with van der Waals surface area (Å²) in [6.45, 7) is 5.49. The molecule has 0 atom stereocenters. The van der Waals surface area contributed by atoms with Crippen molar-refractivity contribution in [2.75, 3.05) is 12.4 Å². The van der Waals surface area contributed by atoms with E-state index >= 15 is 0 Å². The number of hydrogen-bond donors (Lipinski definition) is 2. The molecule has 0 spiro atoms. The van der Waals surface area contributed by atoms with Crippen LogP contribution in [-0.2, 0) is 16.3 Å². The molecule has 0 radical (unpaired) electrons. The molecule has 3 rings (SSSR count). The lowest BCUT2D eigenvalue weighted by Crippen LogP contribution is -2.24. The minimum atomic E-state index is -0.578. The molecule has 2 N–H and O–H groups in total. The van der Waals surface area contributed by atoms with Gasteiger partial charge in [-0.15, -0.1) is 0 Å². The summed E-state index contributed by atoms with van der Waals surface area (Å²) < 4.78 is 8.90. The zero-order chi connectivity index (χ0) is 22.6. The van der Waals surface area contributed by atoms with E-state index < -0.39 is 5.41 Å². The zero-order valence-corrected chi connectivity index (χ0v) is 18.6. The Hall–Kier alpha value is -3.34. The Kier molecular flexibility index (Phi) is 6.64. The first-order valence-electron chi connectivity index (χ1n) is 10.5. The first-order valence-corrected chi connectivity index (χ1v) is 10.5. The van der Waals surface area contributed by atoms with Crippen LogP contribution in [0.1, 0.15) is 57.6 Å². The molecule has 2 aromatic rings. The number of ether oxygens (including phenoxy) is 1. The predicted molar refractivity (Wildman–Crippen MR) is 120 cm³/mol. The lowest BCUT2D eigenvalue weighted by Gasteiger charge is -2.18. The number of hydrogen-bond acceptors (Lipinski definition) is 6. The van der Waals surface area contributed by atoms with Crippen molar-refractivity contribution in [2.24, 2.45) is 11.3 Å². The van der Waals surface area contributed by atoms with E-state index in [-0.39, 0.29) is 12.7 Å². The van der Waals surface area contributed by atoms with Crippen LogP contribution < -0.4 is 5.32 Å². The number of rotatable bonds is 7. The van der Waals surface area contributed by atoms with Gasteiger partial charge in [-0.3, -0.25) is 10.2 Å². The molecule has 2 heterocycles. The number of anilines is 1. The minimum absolute atomic E-state index is 0.0650. The van der Waals surface area contributed by atoms with Crippen molar-refractivity contribution in [3.05, 3.63) is 41.9 Å². The SMILES string of the molecule is CNc1c(C(=N)c2cnn(/C(=C/C#N)C3CCCC3)c2)ccn1COC(=O)C(C)(C)C. The average Bonchev–Trinajstić information content (AvgIpc) is 3.49. The highest BCUT2D eigenvalue weighted by atomic mass is 16.5. The van der Waals surface area contributed by atoms with Gasteiger partial charge in [0.2, 0.25) is 0 Å². The van der Waals surface area contributed by atoms with Crippen LogP contribution in [0, 0.1) is 28.1 Å². The van der Waals surface area contributed by atoms with E-state index in [1.807, 2.05) is 26.8 Å². The summed E-state index contributed by atoms with van der Waals surface area (Å²) in [6.07, 6.45) is 11.2. The normalized spacial score (nSPS) is 15.0. The molecule has 1 fully saturated rings. The molecule has 0 aromatic carbocycles.